The average Bonchev–Trinajstić information content (AvgIpc) is 2.52. The Hall–Kier alpha value is -1.95. The predicted molar refractivity (Wildman–Crippen MR) is 78.9 cm³/mol. The molecular weight excluding hydrogens is 272 g/mol. The van der Waals surface area contributed by atoms with Crippen LogP contribution in [0.5, 0.6) is 11.5 Å². The summed E-state index contributed by atoms with van der Waals surface area (Å²) in [4.78, 5) is 13.9. The van der Waals surface area contributed by atoms with Gasteiger partial charge in [-0.1, -0.05) is 0 Å². The number of hydrogen-bond donors (Lipinski definition) is 1. The quantitative estimate of drug-likeness (QED) is 0.834. The summed E-state index contributed by atoms with van der Waals surface area (Å²) < 4.78 is 15.6. The third kappa shape index (κ3) is 3.58. The first-order chi connectivity index (χ1) is 10.2. The Morgan fingerprint density at radius 1 is 1.19 bits per heavy atom. The van der Waals surface area contributed by atoms with Gasteiger partial charge in [0, 0.05) is 26.7 Å². The summed E-state index contributed by atoms with van der Waals surface area (Å²) in [5.41, 5.74) is 2.30. The smallest absolute Gasteiger partial charge is 0.317 e. The summed E-state index contributed by atoms with van der Waals surface area (Å²) in [6.07, 6.45) is 0.813. The highest BCUT2D eigenvalue weighted by atomic mass is 16.5. The van der Waals surface area contributed by atoms with Gasteiger partial charge in [-0.2, -0.15) is 0 Å². The molecule has 21 heavy (non-hydrogen) atoms. The first-order valence-corrected chi connectivity index (χ1v) is 6.95. The van der Waals surface area contributed by atoms with Crippen molar-refractivity contribution >= 4 is 6.03 Å². The molecule has 6 heteroatoms. The minimum Gasteiger partial charge on any atom is -0.493 e. The molecule has 1 heterocycles. The maximum absolute atomic E-state index is 12.1. The molecule has 0 saturated carbocycles. The summed E-state index contributed by atoms with van der Waals surface area (Å²) >= 11 is 0. The van der Waals surface area contributed by atoms with E-state index in [2.05, 4.69) is 5.32 Å². The van der Waals surface area contributed by atoms with Crippen LogP contribution in [0, 0.1) is 0 Å². The van der Waals surface area contributed by atoms with Crippen LogP contribution in [0.25, 0.3) is 0 Å². The lowest BCUT2D eigenvalue weighted by Crippen LogP contribution is -2.43. The maximum Gasteiger partial charge on any atom is 0.317 e. The molecule has 1 aliphatic heterocycles. The summed E-state index contributed by atoms with van der Waals surface area (Å²) in [6, 6.07) is 3.88. The van der Waals surface area contributed by atoms with E-state index in [1.807, 2.05) is 12.1 Å². The van der Waals surface area contributed by atoms with Crippen LogP contribution >= 0.6 is 0 Å². The molecule has 0 aliphatic carbocycles. The van der Waals surface area contributed by atoms with Crippen LogP contribution in [0.15, 0.2) is 12.1 Å². The molecule has 1 aromatic rings. The van der Waals surface area contributed by atoms with Crippen molar-refractivity contribution in [2.75, 3.05) is 41.0 Å². The van der Waals surface area contributed by atoms with Gasteiger partial charge in [0.25, 0.3) is 0 Å². The molecule has 0 atom stereocenters. The molecule has 2 rings (SSSR count). The fourth-order valence-corrected chi connectivity index (χ4v) is 2.43. The lowest BCUT2D eigenvalue weighted by Gasteiger charge is -2.29. The van der Waals surface area contributed by atoms with Gasteiger partial charge in [0.2, 0.25) is 0 Å². The highest BCUT2D eigenvalue weighted by Gasteiger charge is 2.22. The van der Waals surface area contributed by atoms with Gasteiger partial charge in [0.05, 0.1) is 20.8 Å². The van der Waals surface area contributed by atoms with Crippen molar-refractivity contribution in [1.29, 1.82) is 0 Å². The van der Waals surface area contributed by atoms with Gasteiger partial charge in [0.1, 0.15) is 0 Å². The van der Waals surface area contributed by atoms with Crippen molar-refractivity contribution < 1.29 is 19.0 Å². The number of amides is 2. The van der Waals surface area contributed by atoms with Crippen LogP contribution in [0.1, 0.15) is 11.1 Å². The molecule has 0 spiro atoms. The molecule has 1 N–H and O–H groups in total. The van der Waals surface area contributed by atoms with Gasteiger partial charge in [-0.05, 0) is 29.7 Å². The standard InChI is InChI=1S/C15H22N2O4/c1-19-7-5-16-15(18)17-6-4-11-8-13(20-2)14(21-3)9-12(11)10-17/h8-9H,4-7,10H2,1-3H3,(H,16,18). The fraction of sp³-hybridized carbons (Fsp3) is 0.533. The molecule has 116 valence electrons. The normalized spacial score (nSPS) is 13.6. The number of ether oxygens (including phenoxy) is 3. The zero-order chi connectivity index (χ0) is 15.2. The summed E-state index contributed by atoms with van der Waals surface area (Å²) in [7, 11) is 4.86. The molecule has 1 aliphatic rings. The first kappa shape index (κ1) is 15.4. The van der Waals surface area contributed by atoms with E-state index >= 15 is 0 Å². The molecule has 0 aromatic heterocycles. The van der Waals surface area contributed by atoms with E-state index < -0.39 is 0 Å². The van der Waals surface area contributed by atoms with E-state index in [1.54, 1.807) is 26.2 Å². The van der Waals surface area contributed by atoms with Crippen molar-refractivity contribution in [1.82, 2.24) is 10.2 Å². The van der Waals surface area contributed by atoms with Crippen molar-refractivity contribution in [3.05, 3.63) is 23.3 Å². The monoisotopic (exact) mass is 294 g/mol. The van der Waals surface area contributed by atoms with Gasteiger partial charge in [-0.3, -0.25) is 0 Å². The van der Waals surface area contributed by atoms with Crippen LogP contribution < -0.4 is 14.8 Å². The summed E-state index contributed by atoms with van der Waals surface area (Å²) in [5.74, 6) is 1.42. The van der Waals surface area contributed by atoms with E-state index in [0.717, 1.165) is 17.7 Å². The summed E-state index contributed by atoms with van der Waals surface area (Å²) in [6.45, 7) is 2.31. The molecule has 0 unspecified atom stereocenters. The minimum atomic E-state index is -0.0625. The predicted octanol–water partition coefficient (Wildman–Crippen LogP) is 1.42. The number of carbonyl (C=O) groups excluding carboxylic acids is 1. The van der Waals surface area contributed by atoms with Gasteiger partial charge >= 0.3 is 6.03 Å². The number of benzene rings is 1. The number of rotatable bonds is 5. The number of urea groups is 1. The molecule has 6 nitrogen and oxygen atoms in total. The van der Waals surface area contributed by atoms with Crippen LogP contribution in [0.3, 0.4) is 0 Å². The van der Waals surface area contributed by atoms with Crippen molar-refractivity contribution in [3.8, 4) is 11.5 Å². The molecule has 0 saturated heterocycles. The second kappa shape index (κ2) is 7.17. The Bertz CT molecular complexity index is 505. The zero-order valence-electron chi connectivity index (χ0n) is 12.8. The molecular formula is C15H22N2O4. The number of hydrogen-bond acceptors (Lipinski definition) is 4. The zero-order valence-corrected chi connectivity index (χ0v) is 12.8. The van der Waals surface area contributed by atoms with E-state index in [9.17, 15) is 4.79 Å². The van der Waals surface area contributed by atoms with E-state index in [-0.39, 0.29) is 6.03 Å². The average molecular weight is 294 g/mol. The SMILES string of the molecule is COCCNC(=O)N1CCc2cc(OC)c(OC)cc2C1. The third-order valence-corrected chi connectivity index (χ3v) is 3.59. The molecule has 0 fully saturated rings. The maximum atomic E-state index is 12.1. The molecule has 0 bridgehead atoms. The Morgan fingerprint density at radius 3 is 2.48 bits per heavy atom. The second-order valence-electron chi connectivity index (χ2n) is 4.87. The fourth-order valence-electron chi connectivity index (χ4n) is 2.43. The lowest BCUT2D eigenvalue weighted by molar-refractivity contribution is 0.176. The Labute approximate surface area is 125 Å². The van der Waals surface area contributed by atoms with Crippen LogP contribution in [-0.4, -0.2) is 52.0 Å². The number of fused-ring (bicyclic) bond motifs is 1. The number of carbonyl (C=O) groups is 1. The van der Waals surface area contributed by atoms with Crippen LogP contribution in [0.2, 0.25) is 0 Å². The van der Waals surface area contributed by atoms with Crippen molar-refractivity contribution in [3.63, 3.8) is 0 Å². The van der Waals surface area contributed by atoms with E-state index in [0.29, 0.717) is 32.0 Å². The van der Waals surface area contributed by atoms with Crippen molar-refractivity contribution in [2.24, 2.45) is 0 Å². The van der Waals surface area contributed by atoms with Gasteiger partial charge < -0.3 is 24.4 Å². The highest BCUT2D eigenvalue weighted by Crippen LogP contribution is 2.33. The number of methoxy groups -OCH3 is 3. The van der Waals surface area contributed by atoms with Gasteiger partial charge in [-0.25, -0.2) is 4.79 Å². The minimum absolute atomic E-state index is 0.0625. The highest BCUT2D eigenvalue weighted by molar-refractivity contribution is 5.74. The number of nitrogens with zero attached hydrogens (tertiary/aromatic N) is 1. The van der Waals surface area contributed by atoms with E-state index in [4.69, 9.17) is 14.2 Å². The van der Waals surface area contributed by atoms with Crippen molar-refractivity contribution in [2.45, 2.75) is 13.0 Å². The topological polar surface area (TPSA) is 60.0 Å². The Morgan fingerprint density at radius 2 is 1.86 bits per heavy atom. The van der Waals surface area contributed by atoms with Crippen LogP contribution in [-0.2, 0) is 17.7 Å². The van der Waals surface area contributed by atoms with E-state index in [1.165, 1.54) is 5.56 Å². The molecule has 0 radical (unpaired) electrons. The van der Waals surface area contributed by atoms with Crippen LogP contribution in [0.4, 0.5) is 4.79 Å². The summed E-state index contributed by atoms with van der Waals surface area (Å²) in [5, 5.41) is 2.84. The lowest BCUT2D eigenvalue weighted by atomic mass is 9.99. The molecule has 1 aromatic carbocycles. The van der Waals surface area contributed by atoms with Gasteiger partial charge in [-0.15, -0.1) is 0 Å². The number of nitrogens with one attached hydrogen (secondary N) is 1. The largest absolute Gasteiger partial charge is 0.493 e. The van der Waals surface area contributed by atoms with Gasteiger partial charge in [0.15, 0.2) is 11.5 Å². The Kier molecular flexibility index (Phi) is 5.27. The molecule has 2 amide bonds. The first-order valence-electron chi connectivity index (χ1n) is 6.95. The Balaban J connectivity index is 2.07. The second-order valence-corrected chi connectivity index (χ2v) is 4.87. The third-order valence-electron chi connectivity index (χ3n) is 3.59.